The van der Waals surface area contributed by atoms with Gasteiger partial charge in [-0.1, -0.05) is 25.8 Å². The number of unbranched alkanes of at least 4 members (excludes halogenated alkanes) is 1. The molecular weight excluding hydrogens is 326 g/mol. The number of rotatable bonds is 3. The number of fused-ring (bicyclic) bond motifs is 1. The van der Waals surface area contributed by atoms with Crippen LogP contribution in [0.25, 0.3) is 0 Å². The molecule has 5 rings (SSSR count). The number of hydrogen-bond acceptors (Lipinski definition) is 3. The van der Waals surface area contributed by atoms with Crippen molar-refractivity contribution < 1.29 is 9.53 Å². The van der Waals surface area contributed by atoms with Crippen molar-refractivity contribution in [1.82, 2.24) is 15.5 Å². The summed E-state index contributed by atoms with van der Waals surface area (Å²) in [5.41, 5.74) is 3.93. The van der Waals surface area contributed by atoms with E-state index in [1.165, 1.54) is 49.3 Å². The van der Waals surface area contributed by atoms with Gasteiger partial charge in [-0.05, 0) is 50.5 Å². The molecule has 0 aromatic carbocycles. The highest BCUT2D eigenvalue weighted by Crippen LogP contribution is 2.62. The van der Waals surface area contributed by atoms with E-state index in [1.807, 2.05) is 0 Å². The third-order valence-corrected chi connectivity index (χ3v) is 6.81. The van der Waals surface area contributed by atoms with Gasteiger partial charge in [0.15, 0.2) is 0 Å². The largest absolute Gasteiger partial charge is 0.468 e. The molecule has 1 aliphatic carbocycles. The van der Waals surface area contributed by atoms with Crippen LogP contribution in [0, 0.1) is 5.41 Å². The van der Waals surface area contributed by atoms with E-state index in [0.29, 0.717) is 6.54 Å². The summed E-state index contributed by atoms with van der Waals surface area (Å²) in [4.78, 5) is 14.3. The zero-order valence-corrected chi connectivity index (χ0v) is 15.7. The Balaban J connectivity index is 1.65. The third kappa shape index (κ3) is 2.18. The number of urea groups is 1. The number of nitrogens with zero attached hydrogens (tertiary/aromatic N) is 1. The van der Waals surface area contributed by atoms with Gasteiger partial charge in [-0.2, -0.15) is 0 Å². The molecule has 0 aromatic heterocycles. The molecule has 2 atom stereocenters. The summed E-state index contributed by atoms with van der Waals surface area (Å²) >= 11 is 0. The van der Waals surface area contributed by atoms with Crippen molar-refractivity contribution in [2.45, 2.75) is 76.9 Å². The number of nitrogens with one attached hydrogen (secondary N) is 2. The molecule has 2 amide bonds. The van der Waals surface area contributed by atoms with Crippen LogP contribution in [-0.4, -0.2) is 23.2 Å². The van der Waals surface area contributed by atoms with Crippen molar-refractivity contribution >= 4 is 6.03 Å². The molecule has 5 nitrogen and oxygen atoms in total. The van der Waals surface area contributed by atoms with Crippen LogP contribution in [0.5, 0.6) is 0 Å². The van der Waals surface area contributed by atoms with Crippen molar-refractivity contribution in [3.05, 3.63) is 35.0 Å². The molecule has 0 radical (unpaired) electrons. The minimum absolute atomic E-state index is 0.0115. The number of hydrogen-bond donors (Lipinski definition) is 2. The second-order valence-corrected chi connectivity index (χ2v) is 8.47. The maximum Gasteiger partial charge on any atom is 0.318 e. The van der Waals surface area contributed by atoms with E-state index in [1.54, 1.807) is 5.57 Å². The molecule has 5 heteroatoms. The van der Waals surface area contributed by atoms with Crippen LogP contribution in [0.2, 0.25) is 0 Å². The molecule has 2 N–H and O–H groups in total. The average Bonchev–Trinajstić information content (AvgIpc) is 3.17. The van der Waals surface area contributed by atoms with E-state index < -0.39 is 5.72 Å². The molecule has 26 heavy (non-hydrogen) atoms. The Morgan fingerprint density at radius 1 is 1.31 bits per heavy atom. The minimum Gasteiger partial charge on any atom is -0.468 e. The lowest BCUT2D eigenvalue weighted by Crippen LogP contribution is -2.44. The Hall–Kier alpha value is -1.91. The zero-order chi connectivity index (χ0) is 17.8. The Labute approximate surface area is 155 Å². The highest BCUT2D eigenvalue weighted by molar-refractivity contribution is 5.77. The number of carbonyl (C=O) groups excluding carboxylic acids is 1. The van der Waals surface area contributed by atoms with Gasteiger partial charge in [0.05, 0.1) is 17.7 Å². The van der Waals surface area contributed by atoms with Crippen LogP contribution in [-0.2, 0) is 4.74 Å². The molecule has 4 heterocycles. The highest BCUT2D eigenvalue weighted by atomic mass is 16.5. The molecule has 2 saturated heterocycles. The summed E-state index contributed by atoms with van der Waals surface area (Å²) in [5, 5.41) is 6.03. The molecule has 5 aliphatic rings. The van der Waals surface area contributed by atoms with Gasteiger partial charge >= 0.3 is 6.03 Å². The van der Waals surface area contributed by atoms with Crippen LogP contribution in [0.3, 0.4) is 0 Å². The fourth-order valence-corrected chi connectivity index (χ4v) is 5.75. The number of amides is 2. The van der Waals surface area contributed by atoms with Gasteiger partial charge < -0.3 is 15.0 Å². The maximum absolute atomic E-state index is 11.9. The SMILES string of the molecule is CCCCC1=C2CCCCC23CC2(CNC(=O)N2)OC3=C2CCC=CN12. The first-order valence-corrected chi connectivity index (χ1v) is 10.3. The van der Waals surface area contributed by atoms with Gasteiger partial charge in [0.2, 0.25) is 5.72 Å². The van der Waals surface area contributed by atoms with E-state index >= 15 is 0 Å². The first-order chi connectivity index (χ1) is 12.7. The van der Waals surface area contributed by atoms with E-state index in [9.17, 15) is 4.79 Å². The van der Waals surface area contributed by atoms with E-state index in [4.69, 9.17) is 4.74 Å². The minimum atomic E-state index is -0.560. The first kappa shape index (κ1) is 16.3. The summed E-state index contributed by atoms with van der Waals surface area (Å²) < 4.78 is 6.64. The van der Waals surface area contributed by atoms with E-state index in [0.717, 1.165) is 32.1 Å². The predicted molar refractivity (Wildman–Crippen MR) is 99.7 cm³/mol. The quantitative estimate of drug-likeness (QED) is 0.795. The van der Waals surface area contributed by atoms with Crippen LogP contribution < -0.4 is 10.6 Å². The molecule has 1 saturated carbocycles. The van der Waals surface area contributed by atoms with Crippen LogP contribution in [0.4, 0.5) is 4.79 Å². The second kappa shape index (κ2) is 5.80. The Bertz CT molecular complexity index is 738. The second-order valence-electron chi connectivity index (χ2n) is 8.47. The van der Waals surface area contributed by atoms with Crippen LogP contribution in [0.1, 0.15) is 71.1 Å². The number of allylic oxidation sites excluding steroid dienone is 4. The summed E-state index contributed by atoms with van der Waals surface area (Å²) in [7, 11) is 0. The van der Waals surface area contributed by atoms with Crippen molar-refractivity contribution in [3.8, 4) is 0 Å². The molecule has 2 spiro atoms. The molecule has 0 bridgehead atoms. The fraction of sp³-hybridized carbons (Fsp3) is 0.667. The number of carbonyl (C=O) groups is 1. The van der Waals surface area contributed by atoms with E-state index in [2.05, 4.69) is 34.7 Å². The molecule has 2 unspecified atom stereocenters. The zero-order valence-electron chi connectivity index (χ0n) is 15.7. The smallest absolute Gasteiger partial charge is 0.318 e. The summed E-state index contributed by atoms with van der Waals surface area (Å²) in [6, 6.07) is -0.0985. The Morgan fingerprint density at radius 3 is 3.04 bits per heavy atom. The first-order valence-electron chi connectivity index (χ1n) is 10.3. The van der Waals surface area contributed by atoms with Gasteiger partial charge in [0.1, 0.15) is 5.76 Å². The lowest BCUT2D eigenvalue weighted by Gasteiger charge is -2.46. The van der Waals surface area contributed by atoms with Crippen LogP contribution in [0.15, 0.2) is 35.0 Å². The topological polar surface area (TPSA) is 53.6 Å². The van der Waals surface area contributed by atoms with Crippen molar-refractivity contribution in [2.24, 2.45) is 5.41 Å². The van der Waals surface area contributed by atoms with Crippen LogP contribution >= 0.6 is 0 Å². The number of ether oxygens (including phenoxy) is 1. The maximum atomic E-state index is 11.9. The van der Waals surface area contributed by atoms with Gasteiger partial charge in [0, 0.05) is 18.3 Å². The molecule has 0 aromatic rings. The van der Waals surface area contributed by atoms with Crippen molar-refractivity contribution in [1.29, 1.82) is 0 Å². The normalized spacial score (nSPS) is 35.1. The monoisotopic (exact) mass is 355 g/mol. The van der Waals surface area contributed by atoms with E-state index in [-0.39, 0.29) is 11.4 Å². The van der Waals surface area contributed by atoms with Gasteiger partial charge in [-0.3, -0.25) is 5.32 Å². The lowest BCUT2D eigenvalue weighted by molar-refractivity contribution is 0.0368. The lowest BCUT2D eigenvalue weighted by atomic mass is 9.63. The molecular formula is C21H29N3O2. The summed E-state index contributed by atoms with van der Waals surface area (Å²) in [6.45, 7) is 2.84. The fourth-order valence-electron chi connectivity index (χ4n) is 5.75. The van der Waals surface area contributed by atoms with Crippen molar-refractivity contribution in [2.75, 3.05) is 6.54 Å². The van der Waals surface area contributed by atoms with Crippen molar-refractivity contribution in [3.63, 3.8) is 0 Å². The van der Waals surface area contributed by atoms with Gasteiger partial charge in [-0.25, -0.2) is 4.79 Å². The Morgan fingerprint density at radius 2 is 2.23 bits per heavy atom. The average molecular weight is 355 g/mol. The molecule has 140 valence electrons. The highest BCUT2D eigenvalue weighted by Gasteiger charge is 2.61. The molecule has 3 fully saturated rings. The summed E-state index contributed by atoms with van der Waals surface area (Å²) in [5.74, 6) is 1.17. The third-order valence-electron chi connectivity index (χ3n) is 6.81. The standard InChI is InChI=1S/C21H29N3O2/c1-2-3-9-16-15-8-4-6-11-20(15)13-21(14-22-19(25)23-21)26-18(20)17-10-5-7-12-24(16)17/h7,12H,2-6,8-11,13-14H2,1H3,(H2,22,23,25). The van der Waals surface area contributed by atoms with Gasteiger partial charge in [0.25, 0.3) is 0 Å². The van der Waals surface area contributed by atoms with Gasteiger partial charge in [-0.15, -0.1) is 0 Å². The summed E-state index contributed by atoms with van der Waals surface area (Å²) in [6.07, 6.45) is 16.0. The Kier molecular flexibility index (Phi) is 3.63. The predicted octanol–water partition coefficient (Wildman–Crippen LogP) is 4.26. The molecule has 4 aliphatic heterocycles.